The first-order valence-corrected chi connectivity index (χ1v) is 11.2. The number of benzene rings is 1. The molecule has 0 saturated carbocycles. The molecule has 3 heterocycles. The first kappa shape index (κ1) is 19.6. The zero-order valence-corrected chi connectivity index (χ0v) is 18.4. The Kier molecular flexibility index (Phi) is 5.58. The fourth-order valence-electron chi connectivity index (χ4n) is 3.77. The molecule has 1 unspecified atom stereocenters. The fourth-order valence-corrected chi connectivity index (χ4v) is 5.38. The van der Waals surface area contributed by atoms with E-state index >= 15 is 0 Å². The molecular formula is C20H19BrClN3O2S. The van der Waals surface area contributed by atoms with E-state index in [2.05, 4.69) is 49.9 Å². The standard InChI is InChI=1S/C20H19BrClN3O2S/c1-2-14-15(11-5-7-13(21)8-6-11)16-17(23-20(22)24-18(16)28-14)25-9-3-4-12(10-25)19(26)27/h5-8,12H,2-4,9-10H2,1H3,(H,26,27). The van der Waals surface area contributed by atoms with Gasteiger partial charge in [0.1, 0.15) is 10.6 Å². The van der Waals surface area contributed by atoms with Gasteiger partial charge < -0.3 is 10.0 Å². The highest BCUT2D eigenvalue weighted by Gasteiger charge is 2.29. The Morgan fingerprint density at radius 3 is 2.79 bits per heavy atom. The van der Waals surface area contributed by atoms with Crippen molar-refractivity contribution in [2.45, 2.75) is 26.2 Å². The fraction of sp³-hybridized carbons (Fsp3) is 0.350. The highest BCUT2D eigenvalue weighted by Crippen LogP contribution is 2.43. The lowest BCUT2D eigenvalue weighted by Gasteiger charge is -2.32. The van der Waals surface area contributed by atoms with Gasteiger partial charge in [-0.2, -0.15) is 4.98 Å². The lowest BCUT2D eigenvalue weighted by atomic mass is 9.97. The summed E-state index contributed by atoms with van der Waals surface area (Å²) >= 11 is 11.4. The molecular weight excluding hydrogens is 462 g/mol. The zero-order chi connectivity index (χ0) is 19.8. The highest BCUT2D eigenvalue weighted by atomic mass is 79.9. The number of nitrogens with zero attached hydrogens (tertiary/aromatic N) is 3. The molecule has 0 aliphatic carbocycles. The quantitative estimate of drug-likeness (QED) is 0.490. The SMILES string of the molecule is CCc1sc2nc(Cl)nc(N3CCCC(C(=O)O)C3)c2c1-c1ccc(Br)cc1. The number of rotatable bonds is 4. The largest absolute Gasteiger partial charge is 0.481 e. The Morgan fingerprint density at radius 1 is 1.36 bits per heavy atom. The molecule has 1 N–H and O–H groups in total. The third kappa shape index (κ3) is 3.63. The van der Waals surface area contributed by atoms with E-state index in [9.17, 15) is 9.90 Å². The number of halogens is 2. The molecule has 0 spiro atoms. The Labute approximate surface area is 180 Å². The van der Waals surface area contributed by atoms with Crippen molar-refractivity contribution < 1.29 is 9.90 Å². The van der Waals surface area contributed by atoms with Gasteiger partial charge in [-0.05, 0) is 48.6 Å². The van der Waals surface area contributed by atoms with Crippen LogP contribution in [0.4, 0.5) is 5.82 Å². The number of aryl methyl sites for hydroxylation is 1. The Morgan fingerprint density at radius 2 is 2.11 bits per heavy atom. The number of hydrogen-bond acceptors (Lipinski definition) is 5. The molecule has 0 bridgehead atoms. The van der Waals surface area contributed by atoms with Gasteiger partial charge in [0.25, 0.3) is 0 Å². The van der Waals surface area contributed by atoms with E-state index in [-0.39, 0.29) is 5.28 Å². The number of aromatic nitrogens is 2. The number of carboxylic acid groups (broad SMARTS) is 1. The van der Waals surface area contributed by atoms with E-state index in [1.807, 2.05) is 12.1 Å². The number of carboxylic acids is 1. The smallest absolute Gasteiger partial charge is 0.308 e. The molecule has 4 rings (SSSR count). The van der Waals surface area contributed by atoms with Gasteiger partial charge in [-0.1, -0.05) is 35.0 Å². The topological polar surface area (TPSA) is 66.3 Å². The number of hydrogen-bond donors (Lipinski definition) is 1. The molecule has 1 atom stereocenters. The minimum atomic E-state index is -0.756. The molecule has 146 valence electrons. The average molecular weight is 481 g/mol. The van der Waals surface area contributed by atoms with Crippen LogP contribution in [0.5, 0.6) is 0 Å². The summed E-state index contributed by atoms with van der Waals surface area (Å²) in [5.41, 5.74) is 2.23. The lowest BCUT2D eigenvalue weighted by Crippen LogP contribution is -2.39. The number of piperidine rings is 1. The van der Waals surface area contributed by atoms with Gasteiger partial charge in [-0.15, -0.1) is 11.3 Å². The van der Waals surface area contributed by atoms with Crippen LogP contribution in [-0.4, -0.2) is 34.1 Å². The van der Waals surface area contributed by atoms with Crippen LogP contribution in [0.1, 0.15) is 24.6 Å². The van der Waals surface area contributed by atoms with Crippen molar-refractivity contribution in [3.63, 3.8) is 0 Å². The molecule has 5 nitrogen and oxygen atoms in total. The normalized spacial score (nSPS) is 17.2. The van der Waals surface area contributed by atoms with Gasteiger partial charge in [0.15, 0.2) is 0 Å². The van der Waals surface area contributed by atoms with Crippen LogP contribution in [0, 0.1) is 5.92 Å². The van der Waals surface area contributed by atoms with Crippen LogP contribution in [0.25, 0.3) is 21.3 Å². The van der Waals surface area contributed by atoms with E-state index in [0.29, 0.717) is 13.0 Å². The maximum Gasteiger partial charge on any atom is 0.308 e. The summed E-state index contributed by atoms with van der Waals surface area (Å²) in [5, 5.41) is 10.7. The number of aliphatic carboxylic acids is 1. The second kappa shape index (κ2) is 7.97. The van der Waals surface area contributed by atoms with E-state index in [1.54, 1.807) is 11.3 Å². The molecule has 1 aromatic carbocycles. The molecule has 2 aromatic heterocycles. The van der Waals surface area contributed by atoms with Crippen molar-refractivity contribution in [1.29, 1.82) is 0 Å². The van der Waals surface area contributed by atoms with Gasteiger partial charge in [-0.3, -0.25) is 4.79 Å². The van der Waals surface area contributed by atoms with E-state index in [0.717, 1.165) is 51.0 Å². The maximum atomic E-state index is 11.5. The van der Waals surface area contributed by atoms with Gasteiger partial charge in [0.05, 0.1) is 11.3 Å². The summed E-state index contributed by atoms with van der Waals surface area (Å²) in [7, 11) is 0. The minimum Gasteiger partial charge on any atom is -0.481 e. The van der Waals surface area contributed by atoms with E-state index in [1.165, 1.54) is 4.88 Å². The molecule has 28 heavy (non-hydrogen) atoms. The molecule has 1 aliphatic heterocycles. The van der Waals surface area contributed by atoms with Crippen molar-refractivity contribution in [2.75, 3.05) is 18.0 Å². The molecule has 8 heteroatoms. The third-order valence-electron chi connectivity index (χ3n) is 5.10. The summed E-state index contributed by atoms with van der Waals surface area (Å²) < 4.78 is 1.02. The molecule has 0 radical (unpaired) electrons. The van der Waals surface area contributed by atoms with Crippen LogP contribution < -0.4 is 4.90 Å². The summed E-state index contributed by atoms with van der Waals surface area (Å²) in [4.78, 5) is 24.7. The van der Waals surface area contributed by atoms with Crippen molar-refractivity contribution in [3.05, 3.63) is 38.9 Å². The summed E-state index contributed by atoms with van der Waals surface area (Å²) in [5.74, 6) is -0.401. The number of thiophene rings is 1. The molecule has 1 saturated heterocycles. The summed E-state index contributed by atoms with van der Waals surface area (Å²) in [6.45, 7) is 3.33. The highest BCUT2D eigenvalue weighted by molar-refractivity contribution is 9.10. The summed E-state index contributed by atoms with van der Waals surface area (Å²) in [6.07, 6.45) is 2.39. The van der Waals surface area contributed by atoms with Crippen LogP contribution in [0.15, 0.2) is 28.7 Å². The number of carbonyl (C=O) groups is 1. The summed E-state index contributed by atoms with van der Waals surface area (Å²) in [6, 6.07) is 8.21. The monoisotopic (exact) mass is 479 g/mol. The van der Waals surface area contributed by atoms with Crippen LogP contribution in [0.2, 0.25) is 5.28 Å². The Bertz CT molecular complexity index is 1040. The first-order valence-electron chi connectivity index (χ1n) is 9.20. The molecule has 0 amide bonds. The van der Waals surface area contributed by atoms with Crippen molar-refractivity contribution >= 4 is 60.9 Å². The van der Waals surface area contributed by atoms with Crippen molar-refractivity contribution in [2.24, 2.45) is 5.92 Å². The second-order valence-electron chi connectivity index (χ2n) is 6.88. The first-order chi connectivity index (χ1) is 13.5. The van der Waals surface area contributed by atoms with Crippen LogP contribution >= 0.6 is 38.9 Å². The van der Waals surface area contributed by atoms with E-state index < -0.39 is 11.9 Å². The Hall–Kier alpha value is -1.70. The zero-order valence-electron chi connectivity index (χ0n) is 15.3. The van der Waals surface area contributed by atoms with E-state index in [4.69, 9.17) is 11.6 Å². The van der Waals surface area contributed by atoms with Gasteiger partial charge >= 0.3 is 5.97 Å². The third-order valence-corrected chi connectivity index (χ3v) is 7.03. The predicted octanol–water partition coefficient (Wildman–Crippen LogP) is 5.64. The molecule has 3 aromatic rings. The average Bonchev–Trinajstić information content (AvgIpc) is 3.06. The Balaban J connectivity index is 1.92. The number of fused-ring (bicyclic) bond motifs is 1. The molecule has 1 aliphatic rings. The lowest BCUT2D eigenvalue weighted by molar-refractivity contribution is -0.141. The maximum absolute atomic E-state index is 11.5. The van der Waals surface area contributed by atoms with Gasteiger partial charge in [-0.25, -0.2) is 4.98 Å². The molecule has 1 fully saturated rings. The number of anilines is 1. The van der Waals surface area contributed by atoms with Crippen LogP contribution in [-0.2, 0) is 11.2 Å². The predicted molar refractivity (Wildman–Crippen MR) is 118 cm³/mol. The second-order valence-corrected chi connectivity index (χ2v) is 9.22. The van der Waals surface area contributed by atoms with Crippen molar-refractivity contribution in [3.8, 4) is 11.1 Å². The van der Waals surface area contributed by atoms with Crippen molar-refractivity contribution in [1.82, 2.24) is 9.97 Å². The van der Waals surface area contributed by atoms with Gasteiger partial charge in [0.2, 0.25) is 5.28 Å². The van der Waals surface area contributed by atoms with Gasteiger partial charge in [0, 0.05) is 28.0 Å². The van der Waals surface area contributed by atoms with Crippen LogP contribution in [0.3, 0.4) is 0 Å². The minimum absolute atomic E-state index is 0.200.